The molecule has 2 aromatic rings. The molecule has 1 aromatic heterocycles. The van der Waals surface area contributed by atoms with Gasteiger partial charge in [-0.3, -0.25) is 9.78 Å². The van der Waals surface area contributed by atoms with E-state index in [1.165, 1.54) is 22.9 Å². The van der Waals surface area contributed by atoms with E-state index in [-0.39, 0.29) is 23.7 Å². The molecule has 5 rings (SSSR count). The summed E-state index contributed by atoms with van der Waals surface area (Å²) in [4.78, 5) is 16.6. The van der Waals surface area contributed by atoms with Crippen molar-refractivity contribution in [2.75, 3.05) is 13.2 Å². The third kappa shape index (κ3) is 4.01. The van der Waals surface area contributed by atoms with Crippen LogP contribution < -0.4 is 5.32 Å². The number of nitrogens with one attached hydrogen (secondary N) is 1. The summed E-state index contributed by atoms with van der Waals surface area (Å²) in [6.07, 6.45) is 12.3. The number of rotatable bonds is 6. The number of carbonyl (C=O) groups is 1. The number of nitrogens with zero attached hydrogens (tertiary/aromatic N) is 1. The van der Waals surface area contributed by atoms with Crippen molar-refractivity contribution in [3.8, 4) is 0 Å². The van der Waals surface area contributed by atoms with Crippen LogP contribution in [0.15, 0.2) is 42.7 Å². The smallest absolute Gasteiger partial charge is 0.251 e. The maximum atomic E-state index is 13.9. The van der Waals surface area contributed by atoms with Crippen LogP contribution in [0.4, 0.5) is 4.39 Å². The zero-order chi connectivity index (χ0) is 23.0. The molecule has 5 heteroatoms. The van der Waals surface area contributed by atoms with Gasteiger partial charge in [-0.1, -0.05) is 19.1 Å². The third-order valence-electron chi connectivity index (χ3n) is 8.46. The number of amides is 1. The summed E-state index contributed by atoms with van der Waals surface area (Å²) in [5.41, 5.74) is 5.76. The number of hydrogen-bond acceptors (Lipinski definition) is 3. The van der Waals surface area contributed by atoms with E-state index in [2.05, 4.69) is 35.4 Å². The lowest BCUT2D eigenvalue weighted by Crippen LogP contribution is -2.41. The number of aromatic nitrogens is 1. The molecule has 3 aliphatic rings. The Morgan fingerprint density at radius 3 is 2.94 bits per heavy atom. The summed E-state index contributed by atoms with van der Waals surface area (Å²) in [5, 5.41) is 11.9. The van der Waals surface area contributed by atoms with Crippen LogP contribution in [-0.2, 0) is 6.42 Å². The molecule has 1 saturated carbocycles. The SMILES string of the molecule is CC12CCC3c4ccc(C(=O)NCCCCO)cc4CCC3C1CC=C2c1cncc(F)c1. The van der Waals surface area contributed by atoms with Gasteiger partial charge in [0.1, 0.15) is 5.82 Å². The van der Waals surface area contributed by atoms with Crippen LogP contribution in [0.25, 0.3) is 5.57 Å². The van der Waals surface area contributed by atoms with E-state index in [4.69, 9.17) is 5.11 Å². The monoisotopic (exact) mass is 448 g/mol. The first-order chi connectivity index (χ1) is 16.0. The Balaban J connectivity index is 1.33. The molecule has 1 fully saturated rings. The first-order valence-corrected chi connectivity index (χ1v) is 12.3. The molecule has 2 N–H and O–H groups in total. The predicted molar refractivity (Wildman–Crippen MR) is 127 cm³/mol. The van der Waals surface area contributed by atoms with Crippen LogP contribution in [0.2, 0.25) is 0 Å². The van der Waals surface area contributed by atoms with E-state index < -0.39 is 0 Å². The number of aliphatic hydroxyl groups is 1. The van der Waals surface area contributed by atoms with Crippen molar-refractivity contribution >= 4 is 11.5 Å². The Labute approximate surface area is 195 Å². The normalized spacial score (nSPS) is 27.8. The fraction of sp³-hybridized carbons (Fsp3) is 0.500. The van der Waals surface area contributed by atoms with Crippen LogP contribution in [0.3, 0.4) is 0 Å². The lowest BCUT2D eigenvalue weighted by Gasteiger charge is -2.50. The van der Waals surface area contributed by atoms with Crippen molar-refractivity contribution in [1.29, 1.82) is 0 Å². The van der Waals surface area contributed by atoms with Crippen molar-refractivity contribution < 1.29 is 14.3 Å². The highest BCUT2D eigenvalue weighted by molar-refractivity contribution is 5.94. The van der Waals surface area contributed by atoms with Gasteiger partial charge in [0.2, 0.25) is 0 Å². The molecule has 33 heavy (non-hydrogen) atoms. The largest absolute Gasteiger partial charge is 0.396 e. The van der Waals surface area contributed by atoms with Gasteiger partial charge >= 0.3 is 0 Å². The predicted octanol–water partition coefficient (Wildman–Crippen LogP) is 5.27. The highest BCUT2D eigenvalue weighted by Crippen LogP contribution is 2.63. The average Bonchev–Trinajstić information content (AvgIpc) is 3.18. The minimum atomic E-state index is -0.269. The lowest BCUT2D eigenvalue weighted by molar-refractivity contribution is 0.0884. The number of aryl methyl sites for hydroxylation is 1. The second kappa shape index (κ2) is 9.02. The summed E-state index contributed by atoms with van der Waals surface area (Å²) in [5.74, 6) is 1.42. The van der Waals surface area contributed by atoms with Crippen LogP contribution in [-0.4, -0.2) is 29.1 Å². The Kier molecular flexibility index (Phi) is 6.09. The molecular formula is C28H33FN2O2. The van der Waals surface area contributed by atoms with Crippen LogP contribution in [0.5, 0.6) is 0 Å². The second-order valence-electron chi connectivity index (χ2n) is 10.2. The minimum Gasteiger partial charge on any atom is -0.396 e. The van der Waals surface area contributed by atoms with Crippen LogP contribution in [0.1, 0.15) is 78.4 Å². The molecule has 0 radical (unpaired) electrons. The molecule has 1 amide bonds. The van der Waals surface area contributed by atoms with E-state index in [1.54, 1.807) is 12.3 Å². The van der Waals surface area contributed by atoms with Crippen molar-refractivity contribution in [2.24, 2.45) is 17.3 Å². The molecule has 0 saturated heterocycles. The molecule has 1 aromatic carbocycles. The number of allylic oxidation sites excluding steroid dienone is 2. The Bertz CT molecular complexity index is 1080. The van der Waals surface area contributed by atoms with Crippen molar-refractivity contribution in [1.82, 2.24) is 10.3 Å². The van der Waals surface area contributed by atoms with E-state index in [9.17, 15) is 9.18 Å². The second-order valence-corrected chi connectivity index (χ2v) is 10.2. The first-order valence-electron chi connectivity index (χ1n) is 12.3. The van der Waals surface area contributed by atoms with Gasteiger partial charge < -0.3 is 10.4 Å². The van der Waals surface area contributed by atoms with Gasteiger partial charge in [-0.15, -0.1) is 0 Å². The number of carbonyl (C=O) groups excluding carboxylic acids is 1. The third-order valence-corrected chi connectivity index (χ3v) is 8.46. The quantitative estimate of drug-likeness (QED) is 0.592. The molecule has 4 atom stereocenters. The van der Waals surface area contributed by atoms with Gasteiger partial charge in [0.15, 0.2) is 0 Å². The maximum Gasteiger partial charge on any atom is 0.251 e. The zero-order valence-corrected chi connectivity index (χ0v) is 19.3. The minimum absolute atomic E-state index is 0.0255. The van der Waals surface area contributed by atoms with E-state index in [0.717, 1.165) is 49.7 Å². The van der Waals surface area contributed by atoms with Gasteiger partial charge in [-0.2, -0.15) is 0 Å². The topological polar surface area (TPSA) is 62.2 Å². The summed E-state index contributed by atoms with van der Waals surface area (Å²) in [7, 11) is 0. The number of halogens is 1. The number of fused-ring (bicyclic) bond motifs is 5. The Hall–Kier alpha value is -2.53. The molecule has 0 aliphatic heterocycles. The first kappa shape index (κ1) is 22.3. The Morgan fingerprint density at radius 1 is 1.24 bits per heavy atom. The van der Waals surface area contributed by atoms with Gasteiger partial charge in [0, 0.05) is 24.9 Å². The highest BCUT2D eigenvalue weighted by Gasteiger charge is 2.52. The molecule has 174 valence electrons. The van der Waals surface area contributed by atoms with Gasteiger partial charge in [-0.05, 0) is 109 Å². The molecule has 4 unspecified atom stereocenters. The van der Waals surface area contributed by atoms with Crippen LogP contribution in [0, 0.1) is 23.1 Å². The van der Waals surface area contributed by atoms with Gasteiger partial charge in [0.25, 0.3) is 5.91 Å². The van der Waals surface area contributed by atoms with Crippen molar-refractivity contribution in [3.63, 3.8) is 0 Å². The summed E-state index contributed by atoms with van der Waals surface area (Å²) in [6, 6.07) is 7.90. The zero-order valence-electron chi connectivity index (χ0n) is 19.3. The number of unbranched alkanes of at least 4 members (excludes halogenated alkanes) is 1. The fourth-order valence-electron chi connectivity index (χ4n) is 6.84. The van der Waals surface area contributed by atoms with E-state index >= 15 is 0 Å². The van der Waals surface area contributed by atoms with Crippen LogP contribution >= 0.6 is 0 Å². The fourth-order valence-corrected chi connectivity index (χ4v) is 6.84. The number of hydrogen-bond donors (Lipinski definition) is 2. The molecule has 4 nitrogen and oxygen atoms in total. The molecule has 1 heterocycles. The number of pyridine rings is 1. The maximum absolute atomic E-state index is 13.9. The Morgan fingerprint density at radius 2 is 2.12 bits per heavy atom. The molecule has 0 spiro atoms. The average molecular weight is 449 g/mol. The van der Waals surface area contributed by atoms with E-state index in [0.29, 0.717) is 30.7 Å². The van der Waals surface area contributed by atoms with Crippen molar-refractivity contribution in [3.05, 3.63) is 70.8 Å². The standard InChI is InChI=1S/C28H33FN2O2/c1-28-11-10-23-22-6-5-19(27(33)31-12-2-3-13-32)14-18(22)4-7-24(23)26(28)9-8-25(28)20-15-21(29)17-30-16-20/h5-6,8,14-17,23-24,26,32H,2-4,7,9-13H2,1H3,(H,31,33). The highest BCUT2D eigenvalue weighted by atomic mass is 19.1. The molecule has 0 bridgehead atoms. The number of benzene rings is 1. The van der Waals surface area contributed by atoms with E-state index in [1.807, 2.05) is 6.07 Å². The summed E-state index contributed by atoms with van der Waals surface area (Å²) < 4.78 is 13.9. The van der Waals surface area contributed by atoms with Gasteiger partial charge in [0.05, 0.1) is 6.20 Å². The number of aliphatic hydroxyl groups excluding tert-OH is 1. The summed E-state index contributed by atoms with van der Waals surface area (Å²) >= 11 is 0. The molecular weight excluding hydrogens is 415 g/mol. The summed E-state index contributed by atoms with van der Waals surface area (Å²) in [6.45, 7) is 3.13. The molecule has 3 aliphatic carbocycles. The van der Waals surface area contributed by atoms with Crippen molar-refractivity contribution in [2.45, 2.75) is 57.8 Å². The van der Waals surface area contributed by atoms with Gasteiger partial charge in [-0.25, -0.2) is 4.39 Å². The lowest BCUT2D eigenvalue weighted by atomic mass is 9.54.